The number of hydrogen-bond donors (Lipinski definition) is 1. The van der Waals surface area contributed by atoms with Gasteiger partial charge in [-0.1, -0.05) is 43.3 Å². The molecule has 1 aromatic carbocycles. The molecule has 1 heterocycles. The predicted octanol–water partition coefficient (Wildman–Crippen LogP) is 4.59. The molecule has 0 bridgehead atoms. The highest BCUT2D eigenvalue weighted by Gasteiger charge is 2.32. The van der Waals surface area contributed by atoms with Crippen LogP contribution < -0.4 is 5.32 Å². The Kier molecular flexibility index (Phi) is 4.00. The van der Waals surface area contributed by atoms with Gasteiger partial charge in [-0.3, -0.25) is 0 Å². The minimum Gasteiger partial charge on any atom is -0.308 e. The molecule has 1 aromatic heterocycles. The van der Waals surface area contributed by atoms with Crippen molar-refractivity contribution in [3.05, 3.63) is 58.3 Å². The van der Waals surface area contributed by atoms with Crippen LogP contribution in [0.15, 0.2) is 47.8 Å². The van der Waals surface area contributed by atoms with Gasteiger partial charge in [-0.25, -0.2) is 0 Å². The fourth-order valence-electron chi connectivity index (χ4n) is 2.60. The normalized spacial score (nSPS) is 18.2. The van der Waals surface area contributed by atoms with Crippen molar-refractivity contribution in [2.75, 3.05) is 6.54 Å². The molecule has 0 radical (unpaired) electrons. The molecule has 0 aliphatic heterocycles. The van der Waals surface area contributed by atoms with Crippen LogP contribution in [0, 0.1) is 5.92 Å². The predicted molar refractivity (Wildman–Crippen MR) is 82.6 cm³/mol. The molecule has 0 amide bonds. The number of nitrogens with one attached hydrogen (secondary N) is 1. The Morgan fingerprint density at radius 1 is 1.16 bits per heavy atom. The first-order chi connectivity index (χ1) is 9.34. The average Bonchev–Trinajstić information content (AvgIpc) is 3.14. The van der Waals surface area contributed by atoms with Crippen LogP contribution in [0.2, 0.25) is 0 Å². The van der Waals surface area contributed by atoms with Gasteiger partial charge < -0.3 is 5.32 Å². The van der Waals surface area contributed by atoms with Gasteiger partial charge in [0.2, 0.25) is 0 Å². The second-order valence-corrected chi connectivity index (χ2v) is 6.53. The first-order valence-electron chi connectivity index (χ1n) is 7.16. The van der Waals surface area contributed by atoms with Crippen LogP contribution >= 0.6 is 11.3 Å². The Morgan fingerprint density at radius 3 is 2.58 bits per heavy atom. The lowest BCUT2D eigenvalue weighted by atomic mass is 10.0. The van der Waals surface area contributed by atoms with Crippen LogP contribution in [0.1, 0.15) is 42.2 Å². The largest absolute Gasteiger partial charge is 0.308 e. The van der Waals surface area contributed by atoms with Gasteiger partial charge in [-0.05, 0) is 41.7 Å². The van der Waals surface area contributed by atoms with Crippen molar-refractivity contribution < 1.29 is 0 Å². The molecule has 0 spiro atoms. The van der Waals surface area contributed by atoms with Gasteiger partial charge in [0.1, 0.15) is 0 Å². The molecule has 1 nitrogen and oxygen atoms in total. The molecule has 2 aromatic rings. The van der Waals surface area contributed by atoms with E-state index in [1.54, 1.807) is 0 Å². The lowest BCUT2D eigenvalue weighted by Gasteiger charge is -2.20. The summed E-state index contributed by atoms with van der Waals surface area (Å²) in [4.78, 5) is 1.50. The molecule has 100 valence electrons. The van der Waals surface area contributed by atoms with Crippen LogP contribution in [0.25, 0.3) is 0 Å². The van der Waals surface area contributed by atoms with Crippen molar-refractivity contribution in [1.29, 1.82) is 0 Å². The lowest BCUT2D eigenvalue weighted by molar-refractivity contribution is 0.469. The monoisotopic (exact) mass is 271 g/mol. The van der Waals surface area contributed by atoms with Crippen molar-refractivity contribution in [3.8, 4) is 0 Å². The van der Waals surface area contributed by atoms with Crippen molar-refractivity contribution in [3.63, 3.8) is 0 Å². The third kappa shape index (κ3) is 3.26. The highest BCUT2D eigenvalue weighted by Crippen LogP contribution is 2.42. The van der Waals surface area contributed by atoms with E-state index in [9.17, 15) is 0 Å². The molecule has 1 fully saturated rings. The summed E-state index contributed by atoms with van der Waals surface area (Å²) >= 11 is 1.88. The zero-order chi connectivity index (χ0) is 13.1. The van der Waals surface area contributed by atoms with E-state index in [0.717, 1.165) is 12.5 Å². The third-order valence-electron chi connectivity index (χ3n) is 3.96. The molecule has 1 N–H and O–H groups in total. The minimum absolute atomic E-state index is 0.572. The second-order valence-electron chi connectivity index (χ2n) is 5.55. The molecular weight excluding hydrogens is 250 g/mol. The molecule has 3 rings (SSSR count). The summed E-state index contributed by atoms with van der Waals surface area (Å²) in [6.45, 7) is 3.36. The second kappa shape index (κ2) is 5.89. The highest BCUT2D eigenvalue weighted by molar-refractivity contribution is 7.10. The maximum atomic E-state index is 3.79. The van der Waals surface area contributed by atoms with E-state index in [-0.39, 0.29) is 0 Å². The molecular formula is C17H21NS. The summed E-state index contributed by atoms with van der Waals surface area (Å²) in [6, 6.07) is 15.8. The lowest BCUT2D eigenvalue weighted by Crippen LogP contribution is -2.26. The molecule has 1 aliphatic rings. The zero-order valence-electron chi connectivity index (χ0n) is 11.4. The molecule has 1 aliphatic carbocycles. The number of hydrogen-bond acceptors (Lipinski definition) is 2. The van der Waals surface area contributed by atoms with E-state index in [4.69, 9.17) is 0 Å². The quantitative estimate of drug-likeness (QED) is 0.810. The Bertz CT molecular complexity index is 487. The first kappa shape index (κ1) is 12.9. The molecule has 1 saturated carbocycles. The van der Waals surface area contributed by atoms with Crippen LogP contribution in [0.5, 0.6) is 0 Å². The van der Waals surface area contributed by atoms with Crippen LogP contribution in [0.3, 0.4) is 0 Å². The maximum Gasteiger partial charge on any atom is 0.0443 e. The van der Waals surface area contributed by atoms with Crippen LogP contribution in [-0.2, 0) is 0 Å². The fourth-order valence-corrected chi connectivity index (χ4v) is 3.49. The van der Waals surface area contributed by atoms with Gasteiger partial charge in [-0.15, -0.1) is 11.3 Å². The average molecular weight is 271 g/mol. The van der Waals surface area contributed by atoms with Crippen molar-refractivity contribution in [2.45, 2.75) is 31.7 Å². The maximum absolute atomic E-state index is 3.79. The van der Waals surface area contributed by atoms with E-state index in [1.165, 1.54) is 23.3 Å². The highest BCUT2D eigenvalue weighted by atomic mass is 32.1. The van der Waals surface area contributed by atoms with Gasteiger partial charge in [0, 0.05) is 17.5 Å². The SMILES string of the molecule is CC(CNC(c1cccs1)C1CC1)c1ccccc1. The fraction of sp³-hybridized carbons (Fsp3) is 0.412. The van der Waals surface area contributed by atoms with E-state index in [2.05, 4.69) is 60.1 Å². The van der Waals surface area contributed by atoms with Crippen molar-refractivity contribution in [1.82, 2.24) is 5.32 Å². The molecule has 2 unspecified atom stereocenters. The molecule has 0 saturated heterocycles. The first-order valence-corrected chi connectivity index (χ1v) is 8.04. The molecule has 19 heavy (non-hydrogen) atoms. The van der Waals surface area contributed by atoms with E-state index >= 15 is 0 Å². The summed E-state index contributed by atoms with van der Waals surface area (Å²) in [7, 11) is 0. The van der Waals surface area contributed by atoms with Crippen LogP contribution in [-0.4, -0.2) is 6.54 Å². The van der Waals surface area contributed by atoms with Gasteiger partial charge in [0.15, 0.2) is 0 Å². The van der Waals surface area contributed by atoms with E-state index in [0.29, 0.717) is 12.0 Å². The Labute approximate surface area is 119 Å². The summed E-state index contributed by atoms with van der Waals surface area (Å²) in [5, 5.41) is 5.98. The van der Waals surface area contributed by atoms with Crippen LogP contribution in [0.4, 0.5) is 0 Å². The number of thiophene rings is 1. The van der Waals surface area contributed by atoms with Gasteiger partial charge in [0.05, 0.1) is 0 Å². The smallest absolute Gasteiger partial charge is 0.0443 e. The number of rotatable bonds is 6. The van der Waals surface area contributed by atoms with Gasteiger partial charge in [0.25, 0.3) is 0 Å². The van der Waals surface area contributed by atoms with Crippen molar-refractivity contribution in [2.24, 2.45) is 5.92 Å². The minimum atomic E-state index is 0.572. The summed E-state index contributed by atoms with van der Waals surface area (Å²) in [6.07, 6.45) is 2.77. The van der Waals surface area contributed by atoms with E-state index < -0.39 is 0 Å². The standard InChI is InChI=1S/C17H21NS/c1-13(14-6-3-2-4-7-14)12-18-17(15-9-10-15)16-8-5-11-19-16/h2-8,11,13,15,17-18H,9-10,12H2,1H3. The Morgan fingerprint density at radius 2 is 1.95 bits per heavy atom. The van der Waals surface area contributed by atoms with Gasteiger partial charge in [-0.2, -0.15) is 0 Å². The summed E-state index contributed by atoms with van der Waals surface area (Å²) in [5.41, 5.74) is 1.43. The molecule has 2 atom stereocenters. The Balaban J connectivity index is 1.61. The molecule has 2 heteroatoms. The summed E-state index contributed by atoms with van der Waals surface area (Å²) in [5.74, 6) is 1.43. The zero-order valence-corrected chi connectivity index (χ0v) is 12.2. The van der Waals surface area contributed by atoms with Gasteiger partial charge >= 0.3 is 0 Å². The van der Waals surface area contributed by atoms with E-state index in [1.807, 2.05) is 11.3 Å². The summed E-state index contributed by atoms with van der Waals surface area (Å²) < 4.78 is 0. The Hall–Kier alpha value is -1.12. The topological polar surface area (TPSA) is 12.0 Å². The number of benzene rings is 1. The third-order valence-corrected chi connectivity index (χ3v) is 4.91. The van der Waals surface area contributed by atoms with Crippen molar-refractivity contribution >= 4 is 11.3 Å².